The molecule has 2 heterocycles. The molecule has 3 N–H and O–H groups in total. The van der Waals surface area contributed by atoms with Gasteiger partial charge in [0.2, 0.25) is 0 Å². The number of carbonyl (C=O) groups is 2. The van der Waals surface area contributed by atoms with Gasteiger partial charge in [-0.05, 0) is 59.8 Å². The van der Waals surface area contributed by atoms with Crippen molar-refractivity contribution in [2.24, 2.45) is 4.99 Å². The van der Waals surface area contributed by atoms with Crippen molar-refractivity contribution in [2.75, 3.05) is 5.32 Å². The lowest BCUT2D eigenvalue weighted by molar-refractivity contribution is -0.115. The molecule has 144 valence electrons. The fraction of sp³-hybridized carbons (Fsp3) is 0. The Hall–Kier alpha value is -3.36. The molecule has 0 unspecified atom stereocenters. The van der Waals surface area contributed by atoms with Crippen LogP contribution in [0.15, 0.2) is 64.6 Å². The number of benzene rings is 2. The van der Waals surface area contributed by atoms with Gasteiger partial charge in [0.15, 0.2) is 5.17 Å². The van der Waals surface area contributed by atoms with Crippen LogP contribution in [0.3, 0.4) is 0 Å². The molecule has 2 amide bonds. The zero-order valence-corrected chi connectivity index (χ0v) is 16.3. The fourth-order valence-electron chi connectivity index (χ4n) is 2.72. The van der Waals surface area contributed by atoms with Gasteiger partial charge in [0.25, 0.3) is 5.91 Å². The van der Waals surface area contributed by atoms with Gasteiger partial charge in [-0.15, -0.1) is 0 Å². The number of thioether (sulfide) groups is 1. The summed E-state index contributed by atoms with van der Waals surface area (Å²) >= 11 is 7.37. The first-order valence-electron chi connectivity index (χ1n) is 8.42. The summed E-state index contributed by atoms with van der Waals surface area (Å²) in [6, 6.07) is 14.2. The number of aliphatic imine (C=N–C) groups is 1. The first kappa shape index (κ1) is 19.0. The first-order valence-corrected chi connectivity index (χ1v) is 9.61. The maximum Gasteiger partial charge on any atom is 0.409 e. The van der Waals surface area contributed by atoms with Crippen LogP contribution in [0, 0.1) is 0 Å². The van der Waals surface area contributed by atoms with Gasteiger partial charge in [-0.1, -0.05) is 23.7 Å². The number of hydrogen-bond donors (Lipinski definition) is 3. The number of nitrogens with one attached hydrogen (secondary N) is 2. The molecule has 0 bridgehead atoms. The number of aromatic nitrogens is 1. The summed E-state index contributed by atoms with van der Waals surface area (Å²) in [7, 11) is 0. The molecule has 0 spiro atoms. The predicted octanol–water partition coefficient (Wildman–Crippen LogP) is 4.87. The second kappa shape index (κ2) is 7.94. The van der Waals surface area contributed by atoms with E-state index in [-0.39, 0.29) is 10.9 Å². The van der Waals surface area contributed by atoms with Crippen molar-refractivity contribution in [3.63, 3.8) is 0 Å². The summed E-state index contributed by atoms with van der Waals surface area (Å²) in [5.74, 6) is -0.250. The van der Waals surface area contributed by atoms with Gasteiger partial charge < -0.3 is 10.4 Å². The van der Waals surface area contributed by atoms with Crippen LogP contribution in [-0.2, 0) is 4.79 Å². The average molecular weight is 425 g/mol. The first-order chi connectivity index (χ1) is 14.0. The molecule has 1 fully saturated rings. The van der Waals surface area contributed by atoms with Gasteiger partial charge in [0.05, 0.1) is 21.1 Å². The van der Waals surface area contributed by atoms with E-state index in [1.54, 1.807) is 24.4 Å². The number of carboxylic acid groups (broad SMARTS) is 1. The lowest BCUT2D eigenvalue weighted by Gasteiger charge is -2.04. The van der Waals surface area contributed by atoms with E-state index in [1.807, 2.05) is 30.3 Å². The van der Waals surface area contributed by atoms with Crippen LogP contribution in [0.25, 0.3) is 17.0 Å². The Kier molecular flexibility index (Phi) is 5.20. The molecule has 0 saturated carbocycles. The minimum absolute atomic E-state index is 0.250. The summed E-state index contributed by atoms with van der Waals surface area (Å²) in [6.45, 7) is 0. The van der Waals surface area contributed by atoms with E-state index in [0.717, 1.165) is 16.5 Å². The SMILES string of the molecule is O=C(O)Nc1ccc(N=C2NC(=O)C(=Cc3ccc4ncccc4c3)S2)c(Cl)c1. The molecule has 29 heavy (non-hydrogen) atoms. The highest BCUT2D eigenvalue weighted by atomic mass is 35.5. The molecule has 1 aromatic heterocycles. The van der Waals surface area contributed by atoms with Gasteiger partial charge in [0.1, 0.15) is 0 Å². The van der Waals surface area contributed by atoms with Crippen molar-refractivity contribution in [3.8, 4) is 0 Å². The number of hydrogen-bond acceptors (Lipinski definition) is 5. The van der Waals surface area contributed by atoms with E-state index in [9.17, 15) is 9.59 Å². The lowest BCUT2D eigenvalue weighted by atomic mass is 10.1. The summed E-state index contributed by atoms with van der Waals surface area (Å²) < 4.78 is 0. The fourth-order valence-corrected chi connectivity index (χ4v) is 3.78. The van der Waals surface area contributed by atoms with Crippen LogP contribution in [0.1, 0.15) is 5.56 Å². The lowest BCUT2D eigenvalue weighted by Crippen LogP contribution is -2.19. The second-order valence-corrected chi connectivity index (χ2v) is 7.47. The van der Waals surface area contributed by atoms with Crippen molar-refractivity contribution in [1.29, 1.82) is 0 Å². The van der Waals surface area contributed by atoms with Crippen LogP contribution in [0.2, 0.25) is 5.02 Å². The van der Waals surface area contributed by atoms with Crippen molar-refractivity contribution < 1.29 is 14.7 Å². The number of rotatable bonds is 3. The largest absolute Gasteiger partial charge is 0.465 e. The highest BCUT2D eigenvalue weighted by Gasteiger charge is 2.24. The zero-order valence-electron chi connectivity index (χ0n) is 14.7. The maximum atomic E-state index is 12.3. The maximum absolute atomic E-state index is 12.3. The molecule has 9 heteroatoms. The number of carbonyl (C=O) groups excluding carboxylic acids is 1. The van der Waals surface area contributed by atoms with Crippen molar-refractivity contribution in [3.05, 3.63) is 70.2 Å². The number of nitrogens with zero attached hydrogens (tertiary/aromatic N) is 2. The minimum Gasteiger partial charge on any atom is -0.465 e. The third-order valence-corrected chi connectivity index (χ3v) is 5.21. The van der Waals surface area contributed by atoms with E-state index in [4.69, 9.17) is 16.7 Å². The average Bonchev–Trinajstić information content (AvgIpc) is 3.02. The Balaban J connectivity index is 1.56. The molecule has 7 nitrogen and oxygen atoms in total. The van der Waals surface area contributed by atoms with Crippen LogP contribution in [0.5, 0.6) is 0 Å². The molecule has 2 aromatic carbocycles. The Morgan fingerprint density at radius 3 is 2.90 bits per heavy atom. The summed E-state index contributed by atoms with van der Waals surface area (Å²) in [6.07, 6.45) is 2.34. The zero-order chi connectivity index (χ0) is 20.4. The third kappa shape index (κ3) is 4.39. The number of fused-ring (bicyclic) bond motifs is 1. The number of pyridine rings is 1. The summed E-state index contributed by atoms with van der Waals surface area (Å²) in [5, 5.41) is 15.3. The topological polar surface area (TPSA) is 104 Å². The van der Waals surface area contributed by atoms with Gasteiger partial charge >= 0.3 is 6.09 Å². The molecule has 4 rings (SSSR count). The van der Waals surface area contributed by atoms with E-state index >= 15 is 0 Å². The molecule has 0 aliphatic carbocycles. The Morgan fingerprint density at radius 1 is 1.24 bits per heavy atom. The van der Waals surface area contributed by atoms with Gasteiger partial charge in [-0.25, -0.2) is 9.79 Å². The number of amidine groups is 1. The third-order valence-electron chi connectivity index (χ3n) is 4.00. The van der Waals surface area contributed by atoms with Gasteiger partial charge in [0, 0.05) is 17.3 Å². The molecule has 1 saturated heterocycles. The minimum atomic E-state index is -1.18. The Bertz CT molecular complexity index is 1210. The second-order valence-electron chi connectivity index (χ2n) is 6.03. The Labute approximate surface area is 174 Å². The highest BCUT2D eigenvalue weighted by Crippen LogP contribution is 2.32. The van der Waals surface area contributed by atoms with Crippen LogP contribution < -0.4 is 10.6 Å². The Morgan fingerprint density at radius 2 is 2.10 bits per heavy atom. The quantitative estimate of drug-likeness (QED) is 0.520. The van der Waals surface area contributed by atoms with Crippen molar-refractivity contribution in [1.82, 2.24) is 10.3 Å². The molecular formula is C20H13ClN4O3S. The molecule has 3 aromatic rings. The van der Waals surface area contributed by atoms with Crippen molar-refractivity contribution >= 4 is 68.9 Å². The number of halogens is 1. The molecule has 1 aliphatic heterocycles. The number of amides is 2. The normalized spacial score (nSPS) is 16.4. The van der Waals surface area contributed by atoms with Gasteiger partial charge in [-0.2, -0.15) is 0 Å². The molecule has 1 aliphatic rings. The van der Waals surface area contributed by atoms with E-state index < -0.39 is 6.09 Å². The predicted molar refractivity (Wildman–Crippen MR) is 116 cm³/mol. The number of anilines is 1. The molecule has 0 radical (unpaired) electrons. The molecular weight excluding hydrogens is 412 g/mol. The molecule has 0 atom stereocenters. The van der Waals surface area contributed by atoms with E-state index in [1.165, 1.54) is 17.8 Å². The van der Waals surface area contributed by atoms with Crippen LogP contribution >= 0.6 is 23.4 Å². The van der Waals surface area contributed by atoms with Gasteiger partial charge in [-0.3, -0.25) is 15.1 Å². The monoisotopic (exact) mass is 424 g/mol. The standard InChI is InChI=1S/C20H13ClN4O3S/c21-14-10-13(23-20(27)28)4-6-16(14)24-19-25-18(26)17(29-19)9-11-3-5-15-12(8-11)2-1-7-22-15/h1-10,23H,(H,27,28)(H,24,25,26). The van der Waals surface area contributed by atoms with Crippen LogP contribution in [0.4, 0.5) is 16.2 Å². The highest BCUT2D eigenvalue weighted by molar-refractivity contribution is 8.18. The van der Waals surface area contributed by atoms with Crippen molar-refractivity contribution in [2.45, 2.75) is 0 Å². The van der Waals surface area contributed by atoms with Crippen LogP contribution in [-0.4, -0.2) is 27.3 Å². The van der Waals surface area contributed by atoms with E-state index in [0.29, 0.717) is 21.4 Å². The summed E-state index contributed by atoms with van der Waals surface area (Å²) in [4.78, 5) is 32.1. The summed E-state index contributed by atoms with van der Waals surface area (Å²) in [5.41, 5.74) is 2.52. The van der Waals surface area contributed by atoms with E-state index in [2.05, 4.69) is 20.6 Å². The smallest absolute Gasteiger partial charge is 0.409 e.